The van der Waals surface area contributed by atoms with Gasteiger partial charge in [-0.3, -0.25) is 0 Å². The monoisotopic (exact) mass is 114 g/mol. The maximum absolute atomic E-state index is 7.50. The van der Waals surface area contributed by atoms with Crippen LogP contribution in [-0.4, -0.2) is 0 Å². The van der Waals surface area contributed by atoms with E-state index in [4.69, 9.17) is 9.30 Å². The van der Waals surface area contributed by atoms with E-state index in [-0.39, 0.29) is 16.5 Å². The Hall–Kier alpha value is -0.0265. The van der Waals surface area contributed by atoms with E-state index in [0.29, 0.717) is 0 Å². The Morgan fingerprint density at radius 1 is 0.800 bits per heavy atom. The molecule has 0 rings (SSSR count). The molecule has 0 aromatic carbocycles. The van der Waals surface area contributed by atoms with Crippen molar-refractivity contribution in [1.29, 1.82) is 0 Å². The third-order valence-corrected chi connectivity index (χ3v) is 0. The third kappa shape index (κ3) is 22000. The molecule has 0 aliphatic heterocycles. The van der Waals surface area contributed by atoms with Gasteiger partial charge in [0.15, 0.2) is 0 Å². The summed E-state index contributed by atoms with van der Waals surface area (Å²) in [6.45, 7) is 9.00. The molecule has 0 aliphatic carbocycles. The molecule has 0 unspecified atom stereocenters. The Morgan fingerprint density at radius 3 is 0.800 bits per heavy atom. The van der Waals surface area contributed by atoms with Crippen molar-refractivity contribution in [2.75, 3.05) is 0 Å². The molecule has 0 amide bonds. The quantitative estimate of drug-likeness (QED) is 0.240. The summed E-state index contributed by atoms with van der Waals surface area (Å²) >= 11 is 0. The Balaban J connectivity index is -0.0000000133. The molecule has 0 fully saturated rings. The van der Waals surface area contributed by atoms with E-state index < -0.39 is 0 Å². The van der Waals surface area contributed by atoms with E-state index >= 15 is 0 Å². The van der Waals surface area contributed by atoms with Gasteiger partial charge in [-0.05, 0) is 0 Å². The van der Waals surface area contributed by atoms with E-state index in [0.717, 1.165) is 0 Å². The van der Waals surface area contributed by atoms with Crippen LogP contribution in [0.5, 0.6) is 0 Å². The Bertz CT molecular complexity index is 23.1. The minimum Gasteiger partial charge on any atom is 2.00 e. The van der Waals surface area contributed by atoms with Crippen LogP contribution in [0.1, 0.15) is 0 Å². The summed E-state index contributed by atoms with van der Waals surface area (Å²) in [5.41, 5.74) is 0. The van der Waals surface area contributed by atoms with Crippen molar-refractivity contribution < 1.29 is 25.8 Å². The molecule has 5 heavy (non-hydrogen) atoms. The van der Waals surface area contributed by atoms with E-state index in [9.17, 15) is 0 Å². The maximum atomic E-state index is 7.50. The summed E-state index contributed by atoms with van der Waals surface area (Å²) < 4.78 is 15.0. The van der Waals surface area contributed by atoms with Gasteiger partial charge in [-0.2, -0.15) is 0 Å². The summed E-state index contributed by atoms with van der Waals surface area (Å²) in [6.07, 6.45) is 0. The number of hydrogen-bond acceptors (Lipinski definition) is 0. The SMILES string of the molecule is [C-]#[O+].[C-]#[O+].[Ni+2]. The van der Waals surface area contributed by atoms with Crippen LogP contribution < -0.4 is 0 Å². The minimum atomic E-state index is 0. The van der Waals surface area contributed by atoms with Crippen LogP contribution in [0.2, 0.25) is 0 Å². The minimum absolute atomic E-state index is 0. The first-order valence-corrected chi connectivity index (χ1v) is 0.408. The van der Waals surface area contributed by atoms with Gasteiger partial charge < -0.3 is 0 Å². The predicted octanol–water partition coefficient (Wildman–Crippen LogP) is -0.0775. The van der Waals surface area contributed by atoms with Crippen LogP contribution in [0, 0.1) is 13.3 Å². The van der Waals surface area contributed by atoms with Crippen LogP contribution >= 0.6 is 0 Å². The van der Waals surface area contributed by atoms with E-state index in [1.54, 1.807) is 0 Å². The number of hydrogen-bond donors (Lipinski definition) is 0. The van der Waals surface area contributed by atoms with Gasteiger partial charge >= 0.3 is 39.1 Å². The molecule has 0 saturated heterocycles. The van der Waals surface area contributed by atoms with Gasteiger partial charge in [0.2, 0.25) is 0 Å². The molecule has 0 bridgehead atoms. The molecule has 28 valence electrons. The molecule has 0 aromatic heterocycles. The van der Waals surface area contributed by atoms with Gasteiger partial charge in [-0.25, -0.2) is 0 Å². The van der Waals surface area contributed by atoms with Crippen molar-refractivity contribution >= 4 is 0 Å². The van der Waals surface area contributed by atoms with Crippen LogP contribution in [0.4, 0.5) is 0 Å². The molecule has 0 atom stereocenters. The molecule has 0 N–H and O–H groups in total. The van der Waals surface area contributed by atoms with Crippen molar-refractivity contribution in [3.05, 3.63) is 13.3 Å². The number of rotatable bonds is 0. The van der Waals surface area contributed by atoms with Gasteiger partial charge in [0.1, 0.15) is 0 Å². The Kier molecular flexibility index (Phi) is 202000. The zero-order chi connectivity index (χ0) is 4.00. The zero-order valence-corrected chi connectivity index (χ0v) is 3.12. The second-order valence-corrected chi connectivity index (χ2v) is 0. The van der Waals surface area contributed by atoms with Gasteiger partial charge in [0, 0.05) is 0 Å². The summed E-state index contributed by atoms with van der Waals surface area (Å²) in [6, 6.07) is 0. The largest absolute Gasteiger partial charge is 2.00 e. The molecule has 2 nitrogen and oxygen atoms in total. The second kappa shape index (κ2) is 50100. The maximum Gasteiger partial charge on any atom is 2.00 e. The van der Waals surface area contributed by atoms with Gasteiger partial charge in [-0.15, -0.1) is 0 Å². The first-order chi connectivity index (χ1) is 2.00. The average Bonchev–Trinajstić information content (AvgIpc) is 1.50. The summed E-state index contributed by atoms with van der Waals surface area (Å²) in [4.78, 5) is 0. The Labute approximate surface area is 39.9 Å². The van der Waals surface area contributed by atoms with Crippen LogP contribution in [0.3, 0.4) is 0 Å². The van der Waals surface area contributed by atoms with Crippen LogP contribution in [-0.2, 0) is 25.8 Å². The summed E-state index contributed by atoms with van der Waals surface area (Å²) in [7, 11) is 0. The molecular formula is C2NiO2+2. The molecule has 0 heterocycles. The van der Waals surface area contributed by atoms with Gasteiger partial charge in [0.05, 0.1) is 0 Å². The van der Waals surface area contributed by atoms with Crippen molar-refractivity contribution in [2.24, 2.45) is 0 Å². The summed E-state index contributed by atoms with van der Waals surface area (Å²) in [5, 5.41) is 0. The van der Waals surface area contributed by atoms with Crippen molar-refractivity contribution in [3.8, 4) is 0 Å². The molecule has 0 aliphatic rings. The third-order valence-electron chi connectivity index (χ3n) is 0. The zero-order valence-electron chi connectivity index (χ0n) is 2.13. The van der Waals surface area contributed by atoms with Crippen molar-refractivity contribution in [1.82, 2.24) is 0 Å². The molecule has 0 saturated carbocycles. The van der Waals surface area contributed by atoms with Crippen molar-refractivity contribution in [3.63, 3.8) is 0 Å². The molecule has 0 radical (unpaired) electrons. The first-order valence-electron chi connectivity index (χ1n) is 0.408. The van der Waals surface area contributed by atoms with E-state index in [1.165, 1.54) is 0 Å². The molecule has 0 aromatic rings. The van der Waals surface area contributed by atoms with E-state index in [2.05, 4.69) is 13.3 Å². The van der Waals surface area contributed by atoms with Crippen molar-refractivity contribution in [2.45, 2.75) is 0 Å². The first kappa shape index (κ1) is 20.2. The predicted molar refractivity (Wildman–Crippen MR) is 7.86 cm³/mol. The van der Waals surface area contributed by atoms with Crippen LogP contribution in [0.25, 0.3) is 0 Å². The van der Waals surface area contributed by atoms with Gasteiger partial charge in [-0.1, -0.05) is 0 Å². The smallest absolute Gasteiger partial charge is 2.00 e. The van der Waals surface area contributed by atoms with E-state index in [1.807, 2.05) is 0 Å². The normalized spacial score (nSPS) is 0.800. The molecular weight excluding hydrogens is 115 g/mol. The fourth-order valence-electron chi connectivity index (χ4n) is 0. The fraction of sp³-hybridized carbons (Fsp3) is 0. The fourth-order valence-corrected chi connectivity index (χ4v) is 0. The molecule has 0 spiro atoms. The Morgan fingerprint density at radius 2 is 0.800 bits per heavy atom. The van der Waals surface area contributed by atoms with Crippen LogP contribution in [0.15, 0.2) is 0 Å². The topological polar surface area (TPSA) is 39.8 Å². The standard InChI is InChI=1S/2CO.Ni/c2*1-2;/q;;+2. The summed E-state index contributed by atoms with van der Waals surface area (Å²) in [5.74, 6) is 0. The molecule has 3 heteroatoms. The second-order valence-electron chi connectivity index (χ2n) is 0. The average molecular weight is 115 g/mol. The van der Waals surface area contributed by atoms with Gasteiger partial charge in [0.25, 0.3) is 0 Å².